The number of pyridine rings is 1. The Bertz CT molecular complexity index is 722. The lowest BCUT2D eigenvalue weighted by Gasteiger charge is -2.14. The molecule has 2 aromatic rings. The average Bonchev–Trinajstić information content (AvgIpc) is 2.52. The molecule has 1 aromatic heterocycles. The van der Waals surface area contributed by atoms with Gasteiger partial charge in [0.1, 0.15) is 5.75 Å². The van der Waals surface area contributed by atoms with E-state index in [4.69, 9.17) is 4.74 Å². The summed E-state index contributed by atoms with van der Waals surface area (Å²) in [6.45, 7) is 3.94. The van der Waals surface area contributed by atoms with Crippen LogP contribution in [-0.4, -0.2) is 24.9 Å². The number of nitrogens with zero attached hydrogens (tertiary/aromatic N) is 2. The third-order valence-electron chi connectivity index (χ3n) is 3.78. The van der Waals surface area contributed by atoms with E-state index in [0.717, 1.165) is 34.4 Å². The third kappa shape index (κ3) is 2.96. The standard InChI is InChI=1S/C18H22N2O2/c1-6-13-8-14(9-17(22-5)16(13)10-19-3)15-7-12(2)18(21)20(4)11-15/h7-11H,6H2,1-5H3/b19-10-. The van der Waals surface area contributed by atoms with Gasteiger partial charge in [-0.1, -0.05) is 13.0 Å². The smallest absolute Gasteiger partial charge is 0.253 e. The van der Waals surface area contributed by atoms with E-state index in [1.807, 2.05) is 31.5 Å². The summed E-state index contributed by atoms with van der Waals surface area (Å²) >= 11 is 0. The summed E-state index contributed by atoms with van der Waals surface area (Å²) in [5.74, 6) is 0.798. The first-order valence-electron chi connectivity index (χ1n) is 7.32. The van der Waals surface area contributed by atoms with E-state index in [1.54, 1.807) is 25.8 Å². The Kier molecular flexibility index (Phi) is 4.81. The normalized spacial score (nSPS) is 11.1. The molecule has 1 heterocycles. The first kappa shape index (κ1) is 16.0. The SMILES string of the molecule is CCc1cc(-c2cc(C)c(=O)n(C)c2)cc(OC)c1/C=N\C. The largest absolute Gasteiger partial charge is 0.496 e. The number of methoxy groups -OCH3 is 1. The maximum Gasteiger partial charge on any atom is 0.253 e. The predicted octanol–water partition coefficient (Wildman–Crippen LogP) is 2.98. The Morgan fingerprint density at radius 3 is 2.55 bits per heavy atom. The molecule has 0 radical (unpaired) electrons. The number of hydrogen-bond acceptors (Lipinski definition) is 3. The van der Waals surface area contributed by atoms with Gasteiger partial charge in [-0.15, -0.1) is 0 Å². The van der Waals surface area contributed by atoms with E-state index >= 15 is 0 Å². The molecule has 116 valence electrons. The molecule has 1 aromatic carbocycles. The fourth-order valence-corrected chi connectivity index (χ4v) is 2.62. The van der Waals surface area contributed by atoms with Crippen LogP contribution in [0.15, 0.2) is 34.2 Å². The van der Waals surface area contributed by atoms with Crippen molar-refractivity contribution in [2.24, 2.45) is 12.0 Å². The zero-order valence-electron chi connectivity index (χ0n) is 13.8. The van der Waals surface area contributed by atoms with Crippen molar-refractivity contribution < 1.29 is 4.74 Å². The molecule has 0 aliphatic rings. The summed E-state index contributed by atoms with van der Waals surface area (Å²) in [4.78, 5) is 16.0. The molecular weight excluding hydrogens is 276 g/mol. The number of ether oxygens (including phenoxy) is 1. The second kappa shape index (κ2) is 6.60. The van der Waals surface area contributed by atoms with E-state index in [0.29, 0.717) is 0 Å². The van der Waals surface area contributed by atoms with E-state index in [2.05, 4.69) is 18.0 Å². The molecule has 0 saturated heterocycles. The number of rotatable bonds is 4. The van der Waals surface area contributed by atoms with Crippen molar-refractivity contribution in [2.45, 2.75) is 20.3 Å². The van der Waals surface area contributed by atoms with Gasteiger partial charge < -0.3 is 9.30 Å². The molecular formula is C18H22N2O2. The lowest BCUT2D eigenvalue weighted by molar-refractivity contribution is 0.414. The molecule has 2 rings (SSSR count). The molecule has 0 unspecified atom stereocenters. The Balaban J connectivity index is 2.69. The number of benzene rings is 1. The van der Waals surface area contributed by atoms with Crippen LogP contribution in [0.3, 0.4) is 0 Å². The van der Waals surface area contributed by atoms with Crippen LogP contribution < -0.4 is 10.3 Å². The van der Waals surface area contributed by atoms with Crippen molar-refractivity contribution in [2.75, 3.05) is 14.2 Å². The van der Waals surface area contributed by atoms with E-state index in [-0.39, 0.29) is 5.56 Å². The highest BCUT2D eigenvalue weighted by Crippen LogP contribution is 2.30. The summed E-state index contributed by atoms with van der Waals surface area (Å²) in [6, 6.07) is 6.05. The fraction of sp³-hybridized carbons (Fsp3) is 0.333. The highest BCUT2D eigenvalue weighted by Gasteiger charge is 2.11. The molecule has 0 spiro atoms. The van der Waals surface area contributed by atoms with Gasteiger partial charge in [-0.05, 0) is 42.2 Å². The Labute approximate surface area is 131 Å². The Morgan fingerprint density at radius 1 is 1.27 bits per heavy atom. The number of aliphatic imine (C=N–C) groups is 1. The third-order valence-corrected chi connectivity index (χ3v) is 3.78. The maximum absolute atomic E-state index is 11.9. The molecule has 0 fully saturated rings. The van der Waals surface area contributed by atoms with Crippen LogP contribution in [0.5, 0.6) is 5.75 Å². The summed E-state index contributed by atoms with van der Waals surface area (Å²) in [6.07, 6.45) is 4.57. The second-order valence-electron chi connectivity index (χ2n) is 5.32. The van der Waals surface area contributed by atoms with Crippen molar-refractivity contribution in [3.8, 4) is 16.9 Å². The lowest BCUT2D eigenvalue weighted by atomic mass is 9.97. The summed E-state index contributed by atoms with van der Waals surface area (Å²) in [7, 11) is 5.19. The minimum absolute atomic E-state index is 0.0289. The van der Waals surface area contributed by atoms with Gasteiger partial charge >= 0.3 is 0 Å². The van der Waals surface area contributed by atoms with Crippen molar-refractivity contribution in [3.05, 3.63) is 51.4 Å². The van der Waals surface area contributed by atoms with Gasteiger partial charge in [0, 0.05) is 37.6 Å². The van der Waals surface area contributed by atoms with Gasteiger partial charge in [0.15, 0.2) is 0 Å². The number of hydrogen-bond donors (Lipinski definition) is 0. The quantitative estimate of drug-likeness (QED) is 0.814. The first-order valence-corrected chi connectivity index (χ1v) is 7.32. The Hall–Kier alpha value is -2.36. The summed E-state index contributed by atoms with van der Waals surface area (Å²) in [5, 5.41) is 0. The second-order valence-corrected chi connectivity index (χ2v) is 5.32. The minimum Gasteiger partial charge on any atom is -0.496 e. The van der Waals surface area contributed by atoms with Crippen molar-refractivity contribution in [1.29, 1.82) is 0 Å². The zero-order chi connectivity index (χ0) is 16.3. The molecule has 22 heavy (non-hydrogen) atoms. The molecule has 4 heteroatoms. The van der Waals surface area contributed by atoms with Crippen LogP contribution in [0.4, 0.5) is 0 Å². The first-order chi connectivity index (χ1) is 10.5. The van der Waals surface area contributed by atoms with Gasteiger partial charge in [0.2, 0.25) is 0 Å². The topological polar surface area (TPSA) is 43.6 Å². The summed E-state index contributed by atoms with van der Waals surface area (Å²) < 4.78 is 7.14. The van der Waals surface area contributed by atoms with E-state index in [1.165, 1.54) is 5.56 Å². The van der Waals surface area contributed by atoms with Gasteiger partial charge in [-0.25, -0.2) is 0 Å². The number of aryl methyl sites for hydroxylation is 3. The molecule has 4 nitrogen and oxygen atoms in total. The summed E-state index contributed by atoms with van der Waals surface area (Å²) in [5.41, 5.74) is 5.00. The zero-order valence-corrected chi connectivity index (χ0v) is 13.8. The fourth-order valence-electron chi connectivity index (χ4n) is 2.62. The molecule has 0 aliphatic heterocycles. The molecule has 0 saturated carbocycles. The van der Waals surface area contributed by atoms with Gasteiger partial charge in [0.25, 0.3) is 5.56 Å². The average molecular weight is 298 g/mol. The minimum atomic E-state index is 0.0289. The van der Waals surface area contributed by atoms with Crippen molar-refractivity contribution >= 4 is 6.21 Å². The van der Waals surface area contributed by atoms with Crippen molar-refractivity contribution in [1.82, 2.24) is 4.57 Å². The van der Waals surface area contributed by atoms with Crippen LogP contribution in [0.1, 0.15) is 23.6 Å². The van der Waals surface area contributed by atoms with Crippen LogP contribution in [-0.2, 0) is 13.5 Å². The van der Waals surface area contributed by atoms with Crippen LogP contribution in [0.2, 0.25) is 0 Å². The molecule has 0 amide bonds. The molecule has 0 N–H and O–H groups in total. The monoisotopic (exact) mass is 298 g/mol. The van der Waals surface area contributed by atoms with E-state index in [9.17, 15) is 4.79 Å². The maximum atomic E-state index is 11.9. The van der Waals surface area contributed by atoms with Gasteiger partial charge in [-0.3, -0.25) is 9.79 Å². The Morgan fingerprint density at radius 2 is 2.00 bits per heavy atom. The van der Waals surface area contributed by atoms with Gasteiger partial charge in [-0.2, -0.15) is 0 Å². The van der Waals surface area contributed by atoms with Crippen LogP contribution in [0, 0.1) is 6.92 Å². The predicted molar refractivity (Wildman–Crippen MR) is 91.3 cm³/mol. The van der Waals surface area contributed by atoms with E-state index < -0.39 is 0 Å². The highest BCUT2D eigenvalue weighted by molar-refractivity contribution is 5.87. The molecule has 0 atom stereocenters. The van der Waals surface area contributed by atoms with Gasteiger partial charge in [0.05, 0.1) is 7.11 Å². The number of aromatic nitrogens is 1. The van der Waals surface area contributed by atoms with Crippen LogP contribution >= 0.6 is 0 Å². The van der Waals surface area contributed by atoms with Crippen LogP contribution in [0.25, 0.3) is 11.1 Å². The highest BCUT2D eigenvalue weighted by atomic mass is 16.5. The van der Waals surface area contributed by atoms with Crippen molar-refractivity contribution in [3.63, 3.8) is 0 Å². The molecule has 0 bridgehead atoms. The lowest BCUT2D eigenvalue weighted by Crippen LogP contribution is -2.18. The molecule has 0 aliphatic carbocycles.